The average Bonchev–Trinajstić information content (AvgIpc) is 3.47. The van der Waals surface area contributed by atoms with Gasteiger partial charge in [-0.05, 0) is 29.8 Å². The average molecular weight is 499 g/mol. The van der Waals surface area contributed by atoms with E-state index in [4.69, 9.17) is 10.5 Å². The van der Waals surface area contributed by atoms with Crippen molar-refractivity contribution in [1.29, 1.82) is 0 Å². The lowest BCUT2D eigenvalue weighted by Crippen LogP contribution is -2.16. The number of para-hydroxylation sites is 1. The summed E-state index contributed by atoms with van der Waals surface area (Å²) in [5.41, 5.74) is 10.8. The van der Waals surface area contributed by atoms with Crippen LogP contribution < -0.4 is 15.8 Å². The van der Waals surface area contributed by atoms with E-state index in [1.807, 2.05) is 84.5 Å². The molecule has 3 heterocycles. The largest absolute Gasteiger partial charge is 0.495 e. The molecule has 0 spiro atoms. The number of methoxy groups -OCH3 is 1. The molecule has 3 aromatic heterocycles. The van der Waals surface area contributed by atoms with E-state index in [0.717, 1.165) is 32.1 Å². The van der Waals surface area contributed by atoms with E-state index < -0.39 is 0 Å². The smallest absolute Gasteiger partial charge is 0.272 e. The molecule has 8 nitrogen and oxygen atoms in total. The number of aryl methyl sites for hydroxylation is 1. The van der Waals surface area contributed by atoms with Crippen LogP contribution in [-0.2, 0) is 7.05 Å². The molecule has 0 atom stereocenters. The number of anilines is 2. The lowest BCUT2D eigenvalue weighted by atomic mass is 10.0. The quantitative estimate of drug-likeness (QED) is 0.237. The molecule has 5 rings (SSSR count). The summed E-state index contributed by atoms with van der Waals surface area (Å²) >= 11 is 1.55. The maximum atomic E-state index is 13.1. The molecule has 0 unspecified atom stereocenters. The highest BCUT2D eigenvalue weighted by Crippen LogP contribution is 2.43. The summed E-state index contributed by atoms with van der Waals surface area (Å²) in [6.45, 7) is 0. The number of pyridine rings is 1. The third-order valence-corrected chi connectivity index (χ3v) is 6.99. The van der Waals surface area contributed by atoms with Gasteiger partial charge in [0.25, 0.3) is 5.91 Å². The molecule has 9 heteroatoms. The molecular formula is C27H26N6O2S. The highest BCUT2D eigenvalue weighted by Gasteiger charge is 2.18. The van der Waals surface area contributed by atoms with Crippen molar-refractivity contribution in [3.63, 3.8) is 0 Å². The SMILES string of the molecule is COc1cc(-c2csc3c(N)cnc(N=CN(C)C)c23)ccc1NC(=O)c1cc2ccccc2n1C. The van der Waals surface area contributed by atoms with Crippen LogP contribution >= 0.6 is 11.3 Å². The van der Waals surface area contributed by atoms with Crippen molar-refractivity contribution in [2.24, 2.45) is 12.0 Å². The van der Waals surface area contributed by atoms with Crippen molar-refractivity contribution in [3.05, 3.63) is 65.8 Å². The predicted molar refractivity (Wildman–Crippen MR) is 149 cm³/mol. The zero-order valence-corrected chi connectivity index (χ0v) is 21.3. The normalized spacial score (nSPS) is 11.4. The molecule has 0 bridgehead atoms. The van der Waals surface area contributed by atoms with Crippen molar-refractivity contribution in [2.45, 2.75) is 0 Å². The minimum atomic E-state index is -0.210. The van der Waals surface area contributed by atoms with Gasteiger partial charge in [-0.3, -0.25) is 4.79 Å². The standard InChI is InChI=1S/C27H26N6O2S/c1-32(2)15-30-26-24-18(14-36-25(24)19(28)13-29-26)16-9-10-20(23(12-16)35-4)31-27(34)22-11-17-7-5-6-8-21(17)33(22)3/h5-15H,28H2,1-4H3,(H,31,34). The summed E-state index contributed by atoms with van der Waals surface area (Å²) in [4.78, 5) is 24.0. The van der Waals surface area contributed by atoms with Gasteiger partial charge in [0, 0.05) is 48.4 Å². The second-order valence-corrected chi connectivity index (χ2v) is 9.50. The van der Waals surface area contributed by atoms with Crippen molar-refractivity contribution in [1.82, 2.24) is 14.5 Å². The predicted octanol–water partition coefficient (Wildman–Crippen LogP) is 5.52. The van der Waals surface area contributed by atoms with E-state index in [0.29, 0.717) is 28.6 Å². The number of hydrogen-bond acceptors (Lipinski definition) is 6. The molecule has 0 saturated heterocycles. The Balaban J connectivity index is 1.52. The molecule has 182 valence electrons. The number of fused-ring (bicyclic) bond motifs is 2. The Labute approximate surface area is 212 Å². The van der Waals surface area contributed by atoms with Gasteiger partial charge in [-0.15, -0.1) is 11.3 Å². The Morgan fingerprint density at radius 2 is 2.03 bits per heavy atom. The number of aliphatic imine (C=N–C) groups is 1. The van der Waals surface area contributed by atoms with E-state index in [1.165, 1.54) is 0 Å². The first-order valence-corrected chi connectivity index (χ1v) is 12.2. The van der Waals surface area contributed by atoms with Crippen molar-refractivity contribution in [3.8, 4) is 16.9 Å². The molecule has 1 amide bonds. The van der Waals surface area contributed by atoms with E-state index >= 15 is 0 Å². The van der Waals surface area contributed by atoms with Crippen LogP contribution in [0.5, 0.6) is 5.75 Å². The molecule has 0 aliphatic heterocycles. The molecule has 0 aliphatic rings. The molecule has 5 aromatic rings. The highest BCUT2D eigenvalue weighted by molar-refractivity contribution is 7.18. The topological polar surface area (TPSA) is 97.8 Å². The second kappa shape index (κ2) is 9.35. The Morgan fingerprint density at radius 1 is 1.22 bits per heavy atom. The maximum absolute atomic E-state index is 13.1. The van der Waals surface area contributed by atoms with Crippen molar-refractivity contribution >= 4 is 61.8 Å². The minimum absolute atomic E-state index is 0.210. The molecule has 0 fully saturated rings. The van der Waals surface area contributed by atoms with Gasteiger partial charge in [0.05, 0.1) is 35.7 Å². The Morgan fingerprint density at radius 3 is 2.78 bits per heavy atom. The number of nitrogens with zero attached hydrogens (tertiary/aromatic N) is 4. The minimum Gasteiger partial charge on any atom is -0.495 e. The first-order chi connectivity index (χ1) is 17.4. The van der Waals surface area contributed by atoms with Gasteiger partial charge < -0.3 is 25.3 Å². The van der Waals surface area contributed by atoms with Gasteiger partial charge in [0.1, 0.15) is 11.4 Å². The summed E-state index contributed by atoms with van der Waals surface area (Å²) in [5.74, 6) is 0.934. The summed E-state index contributed by atoms with van der Waals surface area (Å²) in [5, 5.41) is 6.93. The van der Waals surface area contributed by atoms with Crippen LogP contribution in [0.25, 0.3) is 32.1 Å². The first kappa shape index (κ1) is 23.4. The summed E-state index contributed by atoms with van der Waals surface area (Å²) in [6.07, 6.45) is 3.35. The zero-order valence-electron chi connectivity index (χ0n) is 20.4. The number of nitrogen functional groups attached to an aromatic ring is 1. The lowest BCUT2D eigenvalue weighted by Gasteiger charge is -2.13. The lowest BCUT2D eigenvalue weighted by molar-refractivity contribution is 0.101. The number of nitrogens with two attached hydrogens (primary N) is 1. The van der Waals surface area contributed by atoms with Gasteiger partial charge in [0.2, 0.25) is 0 Å². The van der Waals surface area contributed by atoms with Gasteiger partial charge in [-0.25, -0.2) is 9.98 Å². The molecule has 0 aliphatic carbocycles. The van der Waals surface area contributed by atoms with Gasteiger partial charge in [-0.2, -0.15) is 0 Å². The van der Waals surface area contributed by atoms with Crippen LogP contribution in [0.3, 0.4) is 0 Å². The summed E-state index contributed by atoms with van der Waals surface area (Å²) in [7, 11) is 7.28. The zero-order chi connectivity index (χ0) is 25.4. The number of aromatic nitrogens is 2. The van der Waals surface area contributed by atoms with E-state index in [9.17, 15) is 4.79 Å². The number of nitrogens with one attached hydrogen (secondary N) is 1. The monoisotopic (exact) mass is 498 g/mol. The maximum Gasteiger partial charge on any atom is 0.272 e. The van der Waals surface area contributed by atoms with E-state index in [1.54, 1.807) is 31.0 Å². The number of thiophene rings is 1. The summed E-state index contributed by atoms with van der Waals surface area (Å²) in [6, 6.07) is 15.5. The van der Waals surface area contributed by atoms with Crippen LogP contribution in [0.15, 0.2) is 65.1 Å². The van der Waals surface area contributed by atoms with E-state index in [-0.39, 0.29) is 5.91 Å². The Kier molecular flexibility index (Phi) is 6.07. The number of hydrogen-bond donors (Lipinski definition) is 2. The molecule has 36 heavy (non-hydrogen) atoms. The fourth-order valence-corrected chi connectivity index (χ4v) is 5.18. The van der Waals surface area contributed by atoms with Gasteiger partial charge >= 0.3 is 0 Å². The van der Waals surface area contributed by atoms with Crippen LogP contribution in [0.4, 0.5) is 17.2 Å². The van der Waals surface area contributed by atoms with Crippen LogP contribution in [0.1, 0.15) is 10.5 Å². The van der Waals surface area contributed by atoms with Crippen LogP contribution in [0, 0.1) is 0 Å². The fourth-order valence-electron chi connectivity index (χ4n) is 4.18. The van der Waals surface area contributed by atoms with Gasteiger partial charge in [-0.1, -0.05) is 24.3 Å². The molecule has 0 radical (unpaired) electrons. The number of carbonyl (C=O) groups excluding carboxylic acids is 1. The van der Waals surface area contributed by atoms with Crippen molar-refractivity contribution in [2.75, 3.05) is 32.3 Å². The number of benzene rings is 2. The number of carbonyl (C=O) groups is 1. The molecule has 3 N–H and O–H groups in total. The number of amides is 1. The number of ether oxygens (including phenoxy) is 1. The van der Waals surface area contributed by atoms with Crippen LogP contribution in [0.2, 0.25) is 0 Å². The highest BCUT2D eigenvalue weighted by atomic mass is 32.1. The Bertz CT molecular complexity index is 1630. The molecule has 2 aromatic carbocycles. The number of rotatable bonds is 6. The first-order valence-electron chi connectivity index (χ1n) is 11.3. The third kappa shape index (κ3) is 4.14. The van der Waals surface area contributed by atoms with Crippen LogP contribution in [-0.4, -0.2) is 47.9 Å². The second-order valence-electron chi connectivity index (χ2n) is 8.62. The van der Waals surface area contributed by atoms with E-state index in [2.05, 4.69) is 15.3 Å². The van der Waals surface area contributed by atoms with Crippen molar-refractivity contribution < 1.29 is 9.53 Å². The summed E-state index contributed by atoms with van der Waals surface area (Å²) < 4.78 is 8.47. The Hall–Kier alpha value is -4.37. The third-order valence-electron chi connectivity index (χ3n) is 5.96. The molecular weight excluding hydrogens is 472 g/mol. The fraction of sp³-hybridized carbons (Fsp3) is 0.148. The molecule has 0 saturated carbocycles. The van der Waals surface area contributed by atoms with Gasteiger partial charge in [0.15, 0.2) is 5.82 Å².